The van der Waals surface area contributed by atoms with Crippen molar-refractivity contribution in [2.45, 2.75) is 6.04 Å². The Bertz CT molecular complexity index is 908. The van der Waals surface area contributed by atoms with E-state index in [1.54, 1.807) is 25.4 Å². The molecule has 0 aliphatic heterocycles. The van der Waals surface area contributed by atoms with Gasteiger partial charge in [0.05, 0.1) is 25.3 Å². The Morgan fingerprint density at radius 1 is 1.30 bits per heavy atom. The van der Waals surface area contributed by atoms with Gasteiger partial charge in [0.1, 0.15) is 11.8 Å². The summed E-state index contributed by atoms with van der Waals surface area (Å²) < 4.78 is 7.34. The predicted octanol–water partition coefficient (Wildman–Crippen LogP) is 2.75. The average molecular weight is 375 g/mol. The molecule has 1 aromatic heterocycles. The molecule has 3 aromatic rings. The number of benzene rings is 2. The minimum atomic E-state index is -0.569. The lowest BCUT2D eigenvalue weighted by atomic mass is 10.1. The van der Waals surface area contributed by atoms with Crippen LogP contribution in [0, 0.1) is 0 Å². The van der Waals surface area contributed by atoms with Gasteiger partial charge in [0.15, 0.2) is 0 Å². The van der Waals surface area contributed by atoms with Crippen molar-refractivity contribution in [1.29, 1.82) is 0 Å². The van der Waals surface area contributed by atoms with Crippen molar-refractivity contribution >= 4 is 26.7 Å². The Balaban J connectivity index is 2.16. The second-order valence-corrected chi connectivity index (χ2v) is 6.02. The maximum Gasteiger partial charge on any atom is 0.275 e. The van der Waals surface area contributed by atoms with Crippen LogP contribution in [0.4, 0.5) is 0 Å². The zero-order valence-corrected chi connectivity index (χ0v) is 14.0. The Morgan fingerprint density at radius 3 is 2.87 bits per heavy atom. The van der Waals surface area contributed by atoms with Crippen LogP contribution in [0.5, 0.6) is 5.75 Å². The quantitative estimate of drug-likeness (QED) is 0.762. The average Bonchev–Trinajstić information content (AvgIpc) is 2.58. The molecule has 1 atom stereocenters. The molecule has 3 rings (SSSR count). The van der Waals surface area contributed by atoms with Crippen LogP contribution in [0.3, 0.4) is 0 Å². The molecule has 1 heterocycles. The number of ether oxygens (including phenoxy) is 1. The third-order valence-corrected chi connectivity index (χ3v) is 4.22. The summed E-state index contributed by atoms with van der Waals surface area (Å²) in [6.07, 6.45) is 1.63. The highest BCUT2D eigenvalue weighted by atomic mass is 79.9. The lowest BCUT2D eigenvalue weighted by Gasteiger charge is -2.17. The first kappa shape index (κ1) is 15.7. The zero-order chi connectivity index (χ0) is 16.4. The van der Waals surface area contributed by atoms with Crippen LogP contribution < -0.4 is 10.3 Å². The van der Waals surface area contributed by atoms with Crippen molar-refractivity contribution in [3.63, 3.8) is 0 Å². The van der Waals surface area contributed by atoms with Crippen molar-refractivity contribution in [2.75, 3.05) is 13.7 Å². The Hall–Kier alpha value is -2.18. The number of fused-ring (bicyclic) bond motifs is 1. The lowest BCUT2D eigenvalue weighted by Crippen LogP contribution is -2.30. The van der Waals surface area contributed by atoms with Crippen LogP contribution in [-0.4, -0.2) is 28.6 Å². The Kier molecular flexibility index (Phi) is 4.45. The number of hydrogen-bond donors (Lipinski definition) is 1. The van der Waals surface area contributed by atoms with Gasteiger partial charge in [0.25, 0.3) is 5.56 Å². The first-order chi connectivity index (χ1) is 11.1. The van der Waals surface area contributed by atoms with E-state index in [2.05, 4.69) is 21.0 Å². The molecule has 118 valence electrons. The van der Waals surface area contributed by atoms with E-state index in [9.17, 15) is 9.90 Å². The van der Waals surface area contributed by atoms with Gasteiger partial charge in [-0.2, -0.15) is 5.10 Å². The van der Waals surface area contributed by atoms with Crippen LogP contribution >= 0.6 is 15.9 Å². The van der Waals surface area contributed by atoms with Gasteiger partial charge in [0.2, 0.25) is 0 Å². The fourth-order valence-corrected chi connectivity index (χ4v) is 2.88. The number of aliphatic hydroxyl groups excluding tert-OH is 1. The summed E-state index contributed by atoms with van der Waals surface area (Å²) in [6, 6.07) is 12.1. The molecule has 0 spiro atoms. The molecule has 5 nitrogen and oxygen atoms in total. The number of methoxy groups -OCH3 is 1. The normalized spacial score (nSPS) is 12.3. The summed E-state index contributed by atoms with van der Waals surface area (Å²) in [4.78, 5) is 12.7. The zero-order valence-electron chi connectivity index (χ0n) is 12.4. The number of nitrogens with zero attached hydrogens (tertiary/aromatic N) is 2. The highest BCUT2D eigenvalue weighted by Crippen LogP contribution is 2.22. The van der Waals surface area contributed by atoms with E-state index in [1.165, 1.54) is 4.68 Å². The molecule has 6 heteroatoms. The highest BCUT2D eigenvalue weighted by molar-refractivity contribution is 9.10. The van der Waals surface area contributed by atoms with Crippen LogP contribution in [0.15, 0.2) is 57.9 Å². The largest absolute Gasteiger partial charge is 0.497 e. The molecule has 1 unspecified atom stereocenters. The summed E-state index contributed by atoms with van der Waals surface area (Å²) in [5.41, 5.74) is 0.515. The molecule has 0 radical (unpaired) electrons. The van der Waals surface area contributed by atoms with Crippen molar-refractivity contribution in [3.8, 4) is 5.75 Å². The van der Waals surface area contributed by atoms with Crippen molar-refractivity contribution in [2.24, 2.45) is 0 Å². The smallest absolute Gasteiger partial charge is 0.275 e. The highest BCUT2D eigenvalue weighted by Gasteiger charge is 2.17. The number of hydrogen-bond acceptors (Lipinski definition) is 4. The van der Waals surface area contributed by atoms with Crippen LogP contribution in [0.25, 0.3) is 10.8 Å². The molecule has 0 aliphatic carbocycles. The summed E-state index contributed by atoms with van der Waals surface area (Å²) in [5, 5.41) is 15.3. The fourth-order valence-electron chi connectivity index (χ4n) is 2.52. The molecule has 23 heavy (non-hydrogen) atoms. The van der Waals surface area contributed by atoms with Gasteiger partial charge in [-0.1, -0.05) is 34.1 Å². The van der Waals surface area contributed by atoms with Gasteiger partial charge in [0, 0.05) is 9.86 Å². The SMILES string of the molecule is COc1cccc(C(CO)n2ncc3ccc(Br)cc3c2=O)c1. The first-order valence-corrected chi connectivity index (χ1v) is 7.85. The van der Waals surface area contributed by atoms with Crippen LogP contribution in [0.1, 0.15) is 11.6 Å². The molecule has 0 amide bonds. The molecule has 1 N–H and O–H groups in total. The number of aromatic nitrogens is 2. The van der Waals surface area contributed by atoms with Gasteiger partial charge < -0.3 is 9.84 Å². The second-order valence-electron chi connectivity index (χ2n) is 5.10. The summed E-state index contributed by atoms with van der Waals surface area (Å²) in [6.45, 7) is -0.237. The van der Waals surface area contributed by atoms with E-state index in [0.717, 1.165) is 15.4 Å². The van der Waals surface area contributed by atoms with Crippen molar-refractivity contribution in [3.05, 3.63) is 69.1 Å². The van der Waals surface area contributed by atoms with Gasteiger partial charge in [-0.15, -0.1) is 0 Å². The minimum Gasteiger partial charge on any atom is -0.497 e. The van der Waals surface area contributed by atoms with E-state index in [0.29, 0.717) is 11.1 Å². The number of aliphatic hydroxyl groups is 1. The third-order valence-electron chi connectivity index (χ3n) is 3.72. The standard InChI is InChI=1S/C17H15BrN2O3/c1-23-14-4-2-3-11(7-14)16(10-21)20-17(22)15-8-13(18)6-5-12(15)9-19-20/h2-9,16,21H,10H2,1H3. The number of halogens is 1. The summed E-state index contributed by atoms with van der Waals surface area (Å²) in [7, 11) is 1.57. The van der Waals surface area contributed by atoms with Crippen molar-refractivity contribution < 1.29 is 9.84 Å². The van der Waals surface area contributed by atoms with Gasteiger partial charge in [-0.3, -0.25) is 4.79 Å². The summed E-state index contributed by atoms with van der Waals surface area (Å²) in [5.74, 6) is 0.664. The van der Waals surface area contributed by atoms with Gasteiger partial charge in [-0.25, -0.2) is 4.68 Å². The van der Waals surface area contributed by atoms with E-state index >= 15 is 0 Å². The number of rotatable bonds is 4. The molecule has 0 saturated carbocycles. The van der Waals surface area contributed by atoms with Gasteiger partial charge >= 0.3 is 0 Å². The Labute approximate surface area is 141 Å². The Morgan fingerprint density at radius 2 is 2.13 bits per heavy atom. The molecule has 0 fully saturated rings. The molecule has 0 aliphatic rings. The van der Waals surface area contributed by atoms with Gasteiger partial charge in [-0.05, 0) is 29.8 Å². The maximum atomic E-state index is 12.7. The van der Waals surface area contributed by atoms with E-state index in [4.69, 9.17) is 4.74 Å². The second kappa shape index (κ2) is 6.52. The molecule has 0 saturated heterocycles. The van der Waals surface area contributed by atoms with Crippen LogP contribution in [-0.2, 0) is 0 Å². The molecule has 2 aromatic carbocycles. The molecular weight excluding hydrogens is 360 g/mol. The molecular formula is C17H15BrN2O3. The van der Waals surface area contributed by atoms with E-state index < -0.39 is 6.04 Å². The molecule has 0 bridgehead atoms. The first-order valence-electron chi connectivity index (χ1n) is 7.06. The monoisotopic (exact) mass is 374 g/mol. The topological polar surface area (TPSA) is 64.3 Å². The van der Waals surface area contributed by atoms with E-state index in [-0.39, 0.29) is 12.2 Å². The predicted molar refractivity (Wildman–Crippen MR) is 91.9 cm³/mol. The summed E-state index contributed by atoms with van der Waals surface area (Å²) >= 11 is 3.37. The lowest BCUT2D eigenvalue weighted by molar-refractivity contribution is 0.237. The van der Waals surface area contributed by atoms with Crippen LogP contribution in [0.2, 0.25) is 0 Å². The third kappa shape index (κ3) is 3.00. The maximum absolute atomic E-state index is 12.7. The van der Waals surface area contributed by atoms with Crippen molar-refractivity contribution in [1.82, 2.24) is 9.78 Å². The van der Waals surface area contributed by atoms with E-state index in [1.807, 2.05) is 30.3 Å². The minimum absolute atomic E-state index is 0.237. The fraction of sp³-hybridized carbons (Fsp3) is 0.176.